The van der Waals surface area contributed by atoms with Gasteiger partial charge in [0.25, 0.3) is 5.91 Å². The Morgan fingerprint density at radius 2 is 1.77 bits per heavy atom. The van der Waals surface area contributed by atoms with Crippen LogP contribution < -0.4 is 5.32 Å². The first-order chi connectivity index (χ1) is 12.6. The predicted octanol–water partition coefficient (Wildman–Crippen LogP) is 3.25. The zero-order valence-electron chi connectivity index (χ0n) is 15.1. The summed E-state index contributed by atoms with van der Waals surface area (Å²) in [5.74, 6) is 0.613. The number of benzene rings is 2. The van der Waals surface area contributed by atoms with Crippen LogP contribution in [0.2, 0.25) is 0 Å². The first kappa shape index (κ1) is 16.8. The molecule has 4 heteroatoms. The van der Waals surface area contributed by atoms with E-state index >= 15 is 0 Å². The van der Waals surface area contributed by atoms with Gasteiger partial charge in [-0.3, -0.25) is 9.59 Å². The Labute approximate surface area is 154 Å². The standard InChI is InChI=1S/C22H24N2O2/c1-15(25)23-14-16-8-10-24(11-9-16)22(26)18-6-7-21-19(13-18)12-17-4-2-3-5-20(17)21/h2-7,13,16H,8-12,14H2,1H3,(H,23,25). The van der Waals surface area contributed by atoms with Crippen molar-refractivity contribution >= 4 is 11.8 Å². The minimum atomic E-state index is 0.0163. The third kappa shape index (κ3) is 3.24. The van der Waals surface area contributed by atoms with Crippen LogP contribution in [0.5, 0.6) is 0 Å². The maximum absolute atomic E-state index is 12.9. The fourth-order valence-electron chi connectivity index (χ4n) is 4.09. The fourth-order valence-corrected chi connectivity index (χ4v) is 4.09. The Balaban J connectivity index is 1.42. The molecule has 0 spiro atoms. The van der Waals surface area contributed by atoms with Gasteiger partial charge in [-0.05, 0) is 59.6 Å². The van der Waals surface area contributed by atoms with E-state index in [9.17, 15) is 9.59 Å². The second-order valence-electron chi connectivity index (χ2n) is 7.38. The van der Waals surface area contributed by atoms with Gasteiger partial charge in [0.05, 0.1) is 0 Å². The van der Waals surface area contributed by atoms with Gasteiger partial charge in [0.2, 0.25) is 5.91 Å². The highest BCUT2D eigenvalue weighted by Gasteiger charge is 2.25. The van der Waals surface area contributed by atoms with Gasteiger partial charge in [-0.25, -0.2) is 0 Å². The van der Waals surface area contributed by atoms with E-state index in [1.807, 2.05) is 11.0 Å². The average Bonchev–Trinajstić information content (AvgIpc) is 3.04. The van der Waals surface area contributed by atoms with Crippen LogP contribution >= 0.6 is 0 Å². The summed E-state index contributed by atoms with van der Waals surface area (Å²) in [5, 5.41) is 2.89. The number of hydrogen-bond donors (Lipinski definition) is 1. The van der Waals surface area contributed by atoms with Crippen LogP contribution in [0.3, 0.4) is 0 Å². The van der Waals surface area contributed by atoms with Crippen LogP contribution in [0, 0.1) is 5.92 Å². The lowest BCUT2D eigenvalue weighted by Gasteiger charge is -2.32. The van der Waals surface area contributed by atoms with E-state index in [4.69, 9.17) is 0 Å². The molecule has 0 aromatic heterocycles. The van der Waals surface area contributed by atoms with Gasteiger partial charge in [0.15, 0.2) is 0 Å². The van der Waals surface area contributed by atoms with Gasteiger partial charge in [-0.15, -0.1) is 0 Å². The molecule has 1 aliphatic carbocycles. The first-order valence-electron chi connectivity index (χ1n) is 9.37. The fraction of sp³-hybridized carbons (Fsp3) is 0.364. The van der Waals surface area contributed by atoms with Crippen molar-refractivity contribution in [1.82, 2.24) is 10.2 Å². The molecular weight excluding hydrogens is 324 g/mol. The van der Waals surface area contributed by atoms with Gasteiger partial charge in [-0.1, -0.05) is 30.3 Å². The lowest BCUT2D eigenvalue weighted by molar-refractivity contribution is -0.119. The molecule has 0 atom stereocenters. The van der Waals surface area contributed by atoms with E-state index < -0.39 is 0 Å². The molecule has 2 aromatic carbocycles. The van der Waals surface area contributed by atoms with Crippen LogP contribution in [0.25, 0.3) is 11.1 Å². The molecule has 0 saturated carbocycles. The molecule has 134 valence electrons. The van der Waals surface area contributed by atoms with Crippen molar-refractivity contribution in [2.24, 2.45) is 5.92 Å². The van der Waals surface area contributed by atoms with E-state index in [0.29, 0.717) is 12.5 Å². The summed E-state index contributed by atoms with van der Waals surface area (Å²) in [7, 11) is 0. The van der Waals surface area contributed by atoms with Crippen molar-refractivity contribution in [1.29, 1.82) is 0 Å². The van der Waals surface area contributed by atoms with E-state index in [1.165, 1.54) is 22.3 Å². The number of carbonyl (C=O) groups is 2. The number of piperidine rings is 1. The Morgan fingerprint density at radius 1 is 1.04 bits per heavy atom. The van der Waals surface area contributed by atoms with E-state index in [-0.39, 0.29) is 11.8 Å². The third-order valence-electron chi connectivity index (χ3n) is 5.58. The predicted molar refractivity (Wildman–Crippen MR) is 102 cm³/mol. The van der Waals surface area contributed by atoms with Crippen LogP contribution in [-0.2, 0) is 11.2 Å². The van der Waals surface area contributed by atoms with Crippen LogP contribution in [0.4, 0.5) is 0 Å². The molecule has 1 N–H and O–H groups in total. The molecule has 1 saturated heterocycles. The van der Waals surface area contributed by atoms with Crippen LogP contribution in [0.1, 0.15) is 41.3 Å². The minimum Gasteiger partial charge on any atom is -0.356 e. The molecule has 1 fully saturated rings. The summed E-state index contributed by atoms with van der Waals surface area (Å²) in [6, 6.07) is 14.6. The van der Waals surface area contributed by atoms with Gasteiger partial charge < -0.3 is 10.2 Å². The minimum absolute atomic E-state index is 0.0163. The highest BCUT2D eigenvalue weighted by Crippen LogP contribution is 2.37. The number of likely N-dealkylation sites (tertiary alicyclic amines) is 1. The van der Waals surface area contributed by atoms with Gasteiger partial charge in [0, 0.05) is 32.1 Å². The second kappa shape index (κ2) is 6.94. The summed E-state index contributed by atoms with van der Waals surface area (Å²) in [6.45, 7) is 3.79. The van der Waals surface area contributed by atoms with Gasteiger partial charge in [0.1, 0.15) is 0 Å². The Kier molecular flexibility index (Phi) is 4.49. The van der Waals surface area contributed by atoms with Crippen molar-refractivity contribution < 1.29 is 9.59 Å². The van der Waals surface area contributed by atoms with E-state index in [1.54, 1.807) is 6.92 Å². The highest BCUT2D eigenvalue weighted by molar-refractivity contribution is 5.95. The normalized spacial score (nSPS) is 16.1. The monoisotopic (exact) mass is 348 g/mol. The molecule has 2 aromatic rings. The van der Waals surface area contributed by atoms with Gasteiger partial charge >= 0.3 is 0 Å². The molecular formula is C22H24N2O2. The number of carbonyl (C=O) groups excluding carboxylic acids is 2. The second-order valence-corrected chi connectivity index (χ2v) is 7.38. The number of nitrogens with one attached hydrogen (secondary N) is 1. The Morgan fingerprint density at radius 3 is 2.54 bits per heavy atom. The summed E-state index contributed by atoms with van der Waals surface area (Å²) in [5.41, 5.74) is 5.92. The Hall–Kier alpha value is -2.62. The smallest absolute Gasteiger partial charge is 0.253 e. The molecule has 2 aliphatic rings. The lowest BCUT2D eigenvalue weighted by Crippen LogP contribution is -2.41. The summed E-state index contributed by atoms with van der Waals surface area (Å²) in [6.07, 6.45) is 2.80. The number of fused-ring (bicyclic) bond motifs is 3. The number of amides is 2. The number of nitrogens with zero attached hydrogens (tertiary/aromatic N) is 1. The first-order valence-corrected chi connectivity index (χ1v) is 9.37. The summed E-state index contributed by atoms with van der Waals surface area (Å²) in [4.78, 5) is 25.9. The van der Waals surface area contributed by atoms with Crippen molar-refractivity contribution in [2.75, 3.05) is 19.6 Å². The molecule has 0 bridgehead atoms. The maximum Gasteiger partial charge on any atom is 0.253 e. The van der Waals surface area contributed by atoms with Crippen molar-refractivity contribution in [3.63, 3.8) is 0 Å². The summed E-state index contributed by atoms with van der Waals surface area (Å²) >= 11 is 0. The van der Waals surface area contributed by atoms with Crippen LogP contribution in [-0.4, -0.2) is 36.3 Å². The highest BCUT2D eigenvalue weighted by atomic mass is 16.2. The molecule has 4 rings (SSSR count). The van der Waals surface area contributed by atoms with Crippen molar-refractivity contribution in [2.45, 2.75) is 26.2 Å². The third-order valence-corrected chi connectivity index (χ3v) is 5.58. The number of hydrogen-bond acceptors (Lipinski definition) is 2. The average molecular weight is 348 g/mol. The molecule has 2 amide bonds. The SMILES string of the molecule is CC(=O)NCC1CCN(C(=O)c2ccc3c(c2)Cc2ccccc2-3)CC1. The molecule has 1 aliphatic heterocycles. The zero-order chi connectivity index (χ0) is 18.1. The van der Waals surface area contributed by atoms with Crippen molar-refractivity contribution in [3.8, 4) is 11.1 Å². The summed E-state index contributed by atoms with van der Waals surface area (Å²) < 4.78 is 0. The largest absolute Gasteiger partial charge is 0.356 e. The van der Waals surface area contributed by atoms with E-state index in [2.05, 4.69) is 41.7 Å². The molecule has 0 radical (unpaired) electrons. The molecule has 26 heavy (non-hydrogen) atoms. The van der Waals surface area contributed by atoms with Crippen molar-refractivity contribution in [3.05, 3.63) is 59.2 Å². The quantitative estimate of drug-likeness (QED) is 0.790. The van der Waals surface area contributed by atoms with Crippen LogP contribution in [0.15, 0.2) is 42.5 Å². The lowest BCUT2D eigenvalue weighted by atomic mass is 9.95. The van der Waals surface area contributed by atoms with Gasteiger partial charge in [-0.2, -0.15) is 0 Å². The topological polar surface area (TPSA) is 49.4 Å². The molecule has 0 unspecified atom stereocenters. The number of rotatable bonds is 3. The Bertz CT molecular complexity index is 851. The molecule has 1 heterocycles. The van der Waals surface area contributed by atoms with E-state index in [0.717, 1.165) is 37.9 Å². The zero-order valence-corrected chi connectivity index (χ0v) is 15.1. The molecule has 4 nitrogen and oxygen atoms in total. The maximum atomic E-state index is 12.9.